The fourth-order valence-electron chi connectivity index (χ4n) is 2.73. The van der Waals surface area contributed by atoms with Crippen molar-refractivity contribution in [3.63, 3.8) is 0 Å². The predicted octanol–water partition coefficient (Wildman–Crippen LogP) is 4.55. The minimum absolute atomic E-state index is 0.0478. The van der Waals surface area contributed by atoms with Crippen molar-refractivity contribution in [1.82, 2.24) is 20.1 Å². The van der Waals surface area contributed by atoms with Crippen LogP contribution in [0.3, 0.4) is 0 Å². The quantitative estimate of drug-likeness (QED) is 0.343. The van der Waals surface area contributed by atoms with E-state index in [1.165, 1.54) is 18.2 Å². The number of rotatable bonds is 8. The van der Waals surface area contributed by atoms with Gasteiger partial charge < -0.3 is 15.2 Å². The van der Waals surface area contributed by atoms with E-state index in [-0.39, 0.29) is 23.9 Å². The maximum Gasteiger partial charge on any atom is 0.416 e. The molecule has 0 fully saturated rings. The van der Waals surface area contributed by atoms with Gasteiger partial charge in [0.05, 0.1) is 17.9 Å². The molecule has 12 heteroatoms. The maximum absolute atomic E-state index is 12.8. The zero-order chi connectivity index (χ0) is 24.7. The van der Waals surface area contributed by atoms with Gasteiger partial charge in [-0.25, -0.2) is 0 Å². The molecular formula is C22H19ClF3N5O2S. The van der Waals surface area contributed by atoms with Crippen molar-refractivity contribution in [2.45, 2.75) is 17.9 Å². The van der Waals surface area contributed by atoms with Gasteiger partial charge in [0, 0.05) is 23.8 Å². The second-order valence-electron chi connectivity index (χ2n) is 6.95. The third-order valence-electron chi connectivity index (χ3n) is 4.47. The van der Waals surface area contributed by atoms with Crippen LogP contribution in [0.5, 0.6) is 0 Å². The van der Waals surface area contributed by atoms with Crippen LogP contribution in [-0.4, -0.2) is 32.3 Å². The van der Waals surface area contributed by atoms with E-state index in [4.69, 9.17) is 11.6 Å². The lowest BCUT2D eigenvalue weighted by Crippen LogP contribution is -2.22. The highest BCUT2D eigenvalue weighted by Gasteiger charge is 2.30. The zero-order valence-corrected chi connectivity index (χ0v) is 19.3. The monoisotopic (exact) mass is 509 g/mol. The first-order valence-corrected chi connectivity index (χ1v) is 11.2. The molecule has 0 aliphatic heterocycles. The van der Waals surface area contributed by atoms with E-state index in [0.29, 0.717) is 21.6 Å². The molecule has 0 aliphatic carbocycles. The molecule has 7 nitrogen and oxygen atoms in total. The zero-order valence-electron chi connectivity index (χ0n) is 17.8. The Bertz CT molecular complexity index is 1210. The first-order chi connectivity index (χ1) is 16.1. The van der Waals surface area contributed by atoms with E-state index in [1.807, 2.05) is 6.07 Å². The number of halogens is 4. The molecule has 0 saturated carbocycles. The highest BCUT2D eigenvalue weighted by Crippen LogP contribution is 2.30. The van der Waals surface area contributed by atoms with E-state index in [9.17, 15) is 22.8 Å². The number of anilines is 1. The van der Waals surface area contributed by atoms with Crippen LogP contribution in [-0.2, 0) is 29.4 Å². The number of carbonyl (C=O) groups excluding carboxylic acids is 2. The Kier molecular flexibility index (Phi) is 8.35. The van der Waals surface area contributed by atoms with E-state index < -0.39 is 17.6 Å². The van der Waals surface area contributed by atoms with E-state index >= 15 is 0 Å². The van der Waals surface area contributed by atoms with Crippen LogP contribution >= 0.6 is 23.4 Å². The first kappa shape index (κ1) is 25.3. The Hall–Kier alpha value is -3.31. The third-order valence-corrected chi connectivity index (χ3v) is 5.84. The van der Waals surface area contributed by atoms with Gasteiger partial charge in [0.15, 0.2) is 11.0 Å². The van der Waals surface area contributed by atoms with Crippen molar-refractivity contribution in [3.8, 4) is 0 Å². The average molecular weight is 510 g/mol. The Labute approximate surface area is 202 Å². The standard InChI is InChI=1S/C22H19ClF3N5O2S/c1-31-18(12-27-19(32)10-9-14-5-2-3-8-17(14)23)29-30-21(31)34-13-20(33)28-16-7-4-6-15(11-16)22(24,25)26/h2-11H,12-13H2,1H3,(H,27,32)(H,28,33)/b10-9+. The van der Waals surface area contributed by atoms with Gasteiger partial charge in [0.25, 0.3) is 0 Å². The molecule has 0 saturated heterocycles. The smallest absolute Gasteiger partial charge is 0.345 e. The number of benzene rings is 2. The summed E-state index contributed by atoms with van der Waals surface area (Å²) in [5.41, 5.74) is -0.0913. The van der Waals surface area contributed by atoms with Crippen LogP contribution in [0.4, 0.5) is 18.9 Å². The molecule has 0 spiro atoms. The van der Waals surface area contributed by atoms with Gasteiger partial charge in [-0.3, -0.25) is 9.59 Å². The molecule has 0 unspecified atom stereocenters. The molecule has 178 valence electrons. The van der Waals surface area contributed by atoms with Crippen LogP contribution < -0.4 is 10.6 Å². The third kappa shape index (κ3) is 7.09. The highest BCUT2D eigenvalue weighted by molar-refractivity contribution is 7.99. The van der Waals surface area contributed by atoms with Crippen molar-refractivity contribution in [1.29, 1.82) is 0 Å². The number of nitrogens with zero attached hydrogens (tertiary/aromatic N) is 3. The normalized spacial score (nSPS) is 11.6. The largest absolute Gasteiger partial charge is 0.416 e. The lowest BCUT2D eigenvalue weighted by Gasteiger charge is -2.09. The summed E-state index contributed by atoms with van der Waals surface area (Å²) in [6, 6.07) is 11.5. The molecule has 0 aliphatic rings. The number of amides is 2. The number of aromatic nitrogens is 3. The fourth-order valence-corrected chi connectivity index (χ4v) is 3.65. The molecule has 2 aromatic carbocycles. The summed E-state index contributed by atoms with van der Waals surface area (Å²) in [7, 11) is 1.67. The van der Waals surface area contributed by atoms with Crippen molar-refractivity contribution >= 4 is 46.9 Å². The molecule has 3 aromatic rings. The maximum atomic E-state index is 12.8. The van der Waals surface area contributed by atoms with E-state index in [1.54, 1.807) is 35.9 Å². The lowest BCUT2D eigenvalue weighted by atomic mass is 10.2. The van der Waals surface area contributed by atoms with Crippen molar-refractivity contribution < 1.29 is 22.8 Å². The van der Waals surface area contributed by atoms with Gasteiger partial charge in [0.1, 0.15) is 0 Å². The minimum Gasteiger partial charge on any atom is -0.345 e. The van der Waals surface area contributed by atoms with Gasteiger partial charge in [-0.05, 0) is 35.9 Å². The Balaban J connectivity index is 1.50. The second-order valence-corrected chi connectivity index (χ2v) is 8.30. The Morgan fingerprint density at radius 3 is 2.65 bits per heavy atom. The fraction of sp³-hybridized carbons (Fsp3) is 0.182. The predicted molar refractivity (Wildman–Crippen MR) is 124 cm³/mol. The number of carbonyl (C=O) groups is 2. The van der Waals surface area contributed by atoms with Gasteiger partial charge in [-0.2, -0.15) is 13.2 Å². The van der Waals surface area contributed by atoms with Gasteiger partial charge in [-0.1, -0.05) is 47.6 Å². The SMILES string of the molecule is Cn1c(CNC(=O)/C=C/c2ccccc2Cl)nnc1SCC(=O)Nc1cccc(C(F)(F)F)c1. The van der Waals surface area contributed by atoms with Gasteiger partial charge >= 0.3 is 6.18 Å². The van der Waals surface area contributed by atoms with Crippen LogP contribution in [0, 0.1) is 0 Å². The number of hydrogen-bond donors (Lipinski definition) is 2. The molecule has 0 atom stereocenters. The molecule has 1 heterocycles. The summed E-state index contributed by atoms with van der Waals surface area (Å²) in [6.07, 6.45) is -1.55. The summed E-state index contributed by atoms with van der Waals surface area (Å²) in [6.45, 7) is 0.103. The highest BCUT2D eigenvalue weighted by atomic mass is 35.5. The summed E-state index contributed by atoms with van der Waals surface area (Å²) >= 11 is 7.11. The van der Waals surface area contributed by atoms with Gasteiger partial charge in [-0.15, -0.1) is 10.2 Å². The van der Waals surface area contributed by atoms with Crippen LogP contribution in [0.15, 0.2) is 59.8 Å². The number of hydrogen-bond acceptors (Lipinski definition) is 5. The summed E-state index contributed by atoms with van der Waals surface area (Å²) < 4.78 is 40.0. The first-order valence-electron chi connectivity index (χ1n) is 9.82. The molecule has 0 bridgehead atoms. The molecule has 2 amide bonds. The summed E-state index contributed by atoms with van der Waals surface area (Å²) in [5, 5.41) is 14.0. The van der Waals surface area contributed by atoms with Gasteiger partial charge in [0.2, 0.25) is 11.8 Å². The molecule has 3 rings (SSSR count). The van der Waals surface area contributed by atoms with Crippen LogP contribution in [0.2, 0.25) is 5.02 Å². The van der Waals surface area contributed by atoms with Crippen molar-refractivity contribution in [2.24, 2.45) is 7.05 Å². The van der Waals surface area contributed by atoms with Crippen molar-refractivity contribution in [2.75, 3.05) is 11.1 Å². The second kappa shape index (κ2) is 11.2. The summed E-state index contributed by atoms with van der Waals surface area (Å²) in [4.78, 5) is 24.2. The Morgan fingerprint density at radius 1 is 1.15 bits per heavy atom. The van der Waals surface area contributed by atoms with E-state index in [2.05, 4.69) is 20.8 Å². The lowest BCUT2D eigenvalue weighted by molar-refractivity contribution is -0.137. The molecule has 2 N–H and O–H groups in total. The van der Waals surface area contributed by atoms with E-state index in [0.717, 1.165) is 23.9 Å². The molecule has 34 heavy (non-hydrogen) atoms. The topological polar surface area (TPSA) is 88.9 Å². The van der Waals surface area contributed by atoms with Crippen LogP contribution in [0.1, 0.15) is 17.0 Å². The Morgan fingerprint density at radius 2 is 1.91 bits per heavy atom. The number of thioether (sulfide) groups is 1. The minimum atomic E-state index is -4.50. The molecule has 0 radical (unpaired) electrons. The molecule has 1 aromatic heterocycles. The average Bonchev–Trinajstić information content (AvgIpc) is 3.14. The van der Waals surface area contributed by atoms with Crippen LogP contribution in [0.25, 0.3) is 6.08 Å². The van der Waals surface area contributed by atoms with Crippen molar-refractivity contribution in [3.05, 3.63) is 76.6 Å². The summed E-state index contributed by atoms with van der Waals surface area (Å²) in [5.74, 6) is -0.473. The molecular weight excluding hydrogens is 491 g/mol. The number of nitrogens with one attached hydrogen (secondary N) is 2. The number of alkyl halides is 3.